The third kappa shape index (κ3) is 3.75. The molecule has 54 valence electrons. The highest BCUT2D eigenvalue weighted by Crippen LogP contribution is 2.39. The van der Waals surface area contributed by atoms with E-state index < -0.39 is 12.6 Å². The Morgan fingerprint density at radius 2 is 1.89 bits per heavy atom. The van der Waals surface area contributed by atoms with Crippen LogP contribution in [0.4, 0.5) is 0 Å². The summed E-state index contributed by atoms with van der Waals surface area (Å²) < 4.78 is -1.02. The molecule has 0 aromatic rings. The number of halogens is 4. The number of hydrogen-bond donors (Lipinski definition) is 0. The van der Waals surface area contributed by atoms with Crippen LogP contribution in [0.2, 0.25) is 0 Å². The van der Waals surface area contributed by atoms with Crippen LogP contribution in [0.5, 0.6) is 0 Å². The summed E-state index contributed by atoms with van der Waals surface area (Å²) in [6.45, 7) is 0. The van der Waals surface area contributed by atoms with Gasteiger partial charge >= 0.3 is 5.50 Å². The van der Waals surface area contributed by atoms with E-state index in [2.05, 4.69) is 47.8 Å². The first kappa shape index (κ1) is 10.1. The lowest BCUT2D eigenvalue weighted by molar-refractivity contribution is -0.495. The lowest BCUT2D eigenvalue weighted by atomic mass is 10.8. The Labute approximate surface area is 81.7 Å². The fourth-order valence-corrected chi connectivity index (χ4v) is 0.621. The van der Waals surface area contributed by atoms with E-state index in [1.165, 1.54) is 0 Å². The van der Waals surface area contributed by atoms with Crippen LogP contribution in [-0.2, 0) is 0 Å². The van der Waals surface area contributed by atoms with Crippen LogP contribution in [0.25, 0.3) is 0 Å². The van der Waals surface area contributed by atoms with E-state index >= 15 is 0 Å². The standard InChI is InChI=1S/C2HBr3ClNO2/c3-2(4,5)1(6)7(8)9/h1H. The highest BCUT2D eigenvalue weighted by atomic mass is 80.0. The molecule has 0 N–H and O–H groups in total. The number of hydrogen-bond acceptors (Lipinski definition) is 2. The minimum absolute atomic E-state index is 0.625. The maximum absolute atomic E-state index is 9.93. The number of nitrogens with zero attached hydrogens (tertiary/aromatic N) is 1. The van der Waals surface area contributed by atoms with Gasteiger partial charge < -0.3 is 0 Å². The molecule has 0 spiro atoms. The molecule has 0 aromatic carbocycles. The van der Waals surface area contributed by atoms with Gasteiger partial charge in [0.25, 0.3) is 0 Å². The Morgan fingerprint density at radius 1 is 1.56 bits per heavy atom. The molecule has 1 unspecified atom stereocenters. The highest BCUT2D eigenvalue weighted by molar-refractivity contribution is 9.39. The van der Waals surface area contributed by atoms with Gasteiger partial charge in [0.05, 0.1) is 0 Å². The molecule has 0 aliphatic carbocycles. The van der Waals surface area contributed by atoms with Gasteiger partial charge in [0.1, 0.15) is 0 Å². The molecule has 0 saturated heterocycles. The largest absolute Gasteiger partial charge is 0.320 e. The molecule has 0 aliphatic heterocycles. The molecular formula is C2HBr3ClNO2. The molecule has 0 rings (SSSR count). The third-order valence-corrected chi connectivity index (χ3v) is 3.03. The molecule has 0 radical (unpaired) electrons. The van der Waals surface area contributed by atoms with Gasteiger partial charge in [-0.3, -0.25) is 10.1 Å². The van der Waals surface area contributed by atoms with Gasteiger partial charge in [-0.15, -0.1) is 0 Å². The maximum Gasteiger partial charge on any atom is 0.320 e. The van der Waals surface area contributed by atoms with Crippen molar-refractivity contribution in [3.63, 3.8) is 0 Å². The molecule has 0 fully saturated rings. The second kappa shape index (κ2) is 3.50. The number of alkyl halides is 4. The van der Waals surface area contributed by atoms with Crippen molar-refractivity contribution in [2.45, 2.75) is 7.64 Å². The van der Waals surface area contributed by atoms with Crippen molar-refractivity contribution in [1.82, 2.24) is 0 Å². The number of rotatable bonds is 1. The van der Waals surface area contributed by atoms with Gasteiger partial charge in [-0.25, -0.2) is 0 Å². The van der Waals surface area contributed by atoms with Crippen molar-refractivity contribution in [3.05, 3.63) is 10.1 Å². The van der Waals surface area contributed by atoms with Gasteiger partial charge in [-0.05, 0) is 11.6 Å². The zero-order chi connectivity index (χ0) is 7.65. The van der Waals surface area contributed by atoms with Crippen LogP contribution >= 0.6 is 59.4 Å². The third-order valence-electron chi connectivity index (χ3n) is 0.455. The minimum Gasteiger partial charge on any atom is -0.263 e. The smallest absolute Gasteiger partial charge is 0.263 e. The van der Waals surface area contributed by atoms with Crippen LogP contribution in [0.15, 0.2) is 0 Å². The molecule has 0 aromatic heterocycles. The zero-order valence-corrected chi connectivity index (χ0v) is 9.37. The fraction of sp³-hybridized carbons (Fsp3) is 1.00. The second-order valence-corrected chi connectivity index (χ2v) is 8.52. The lowest BCUT2D eigenvalue weighted by Gasteiger charge is -2.10. The molecule has 0 bridgehead atoms. The molecule has 7 heteroatoms. The van der Waals surface area contributed by atoms with E-state index in [9.17, 15) is 10.1 Å². The monoisotopic (exact) mass is 343 g/mol. The van der Waals surface area contributed by atoms with Crippen LogP contribution in [0.1, 0.15) is 0 Å². The molecule has 9 heavy (non-hydrogen) atoms. The van der Waals surface area contributed by atoms with Crippen molar-refractivity contribution in [3.8, 4) is 0 Å². The van der Waals surface area contributed by atoms with E-state index in [-0.39, 0.29) is 0 Å². The Kier molecular flexibility index (Phi) is 3.94. The topological polar surface area (TPSA) is 43.1 Å². The Morgan fingerprint density at radius 3 is 1.89 bits per heavy atom. The van der Waals surface area contributed by atoms with Gasteiger partial charge in [0.15, 0.2) is 0 Å². The van der Waals surface area contributed by atoms with E-state index in [4.69, 9.17) is 11.6 Å². The van der Waals surface area contributed by atoms with E-state index in [1.807, 2.05) is 0 Å². The highest BCUT2D eigenvalue weighted by Gasteiger charge is 2.38. The summed E-state index contributed by atoms with van der Waals surface area (Å²) in [5.41, 5.74) is -1.24. The van der Waals surface area contributed by atoms with Crippen molar-refractivity contribution >= 4 is 59.4 Å². The molecule has 1 atom stereocenters. The quantitative estimate of drug-likeness (QED) is 0.317. The average Bonchev–Trinajstić information content (AvgIpc) is 1.62. The summed E-state index contributed by atoms with van der Waals surface area (Å²) in [4.78, 5) is 9.30. The first-order valence-electron chi connectivity index (χ1n) is 1.70. The molecule has 3 nitrogen and oxygen atoms in total. The summed E-state index contributed by atoms with van der Waals surface area (Å²) in [6.07, 6.45) is 0. The van der Waals surface area contributed by atoms with Gasteiger partial charge in [-0.2, -0.15) is 0 Å². The van der Waals surface area contributed by atoms with E-state index in [0.29, 0.717) is 0 Å². The van der Waals surface area contributed by atoms with Crippen LogP contribution in [0, 0.1) is 10.1 Å². The van der Waals surface area contributed by atoms with Crippen molar-refractivity contribution in [2.75, 3.05) is 0 Å². The average molecular weight is 346 g/mol. The lowest BCUT2D eigenvalue weighted by Crippen LogP contribution is -2.26. The van der Waals surface area contributed by atoms with Gasteiger partial charge in [0, 0.05) is 4.92 Å². The fourth-order valence-electron chi connectivity index (χ4n) is 0.120. The molecular weight excluding hydrogens is 345 g/mol. The van der Waals surface area contributed by atoms with E-state index in [1.54, 1.807) is 0 Å². The summed E-state index contributed by atoms with van der Waals surface area (Å²) in [5, 5.41) is 9.93. The summed E-state index contributed by atoms with van der Waals surface area (Å²) in [5.74, 6) is 0. The summed E-state index contributed by atoms with van der Waals surface area (Å²) in [7, 11) is 0. The summed E-state index contributed by atoms with van der Waals surface area (Å²) >= 11 is 14.0. The number of nitro groups is 1. The molecule has 0 saturated carbocycles. The summed E-state index contributed by atoms with van der Waals surface area (Å²) in [6, 6.07) is 0. The van der Waals surface area contributed by atoms with Crippen LogP contribution < -0.4 is 0 Å². The van der Waals surface area contributed by atoms with Crippen molar-refractivity contribution in [2.24, 2.45) is 0 Å². The Balaban J connectivity index is 4.04. The molecule has 0 amide bonds. The maximum atomic E-state index is 9.93. The Hall–Kier alpha value is 1.13. The minimum atomic E-state index is -1.24. The molecule has 0 aliphatic rings. The van der Waals surface area contributed by atoms with Crippen molar-refractivity contribution in [1.29, 1.82) is 0 Å². The van der Waals surface area contributed by atoms with Gasteiger partial charge in [-0.1, -0.05) is 47.8 Å². The normalized spacial score (nSPS) is 15.1. The SMILES string of the molecule is O=[N+]([O-])C(Cl)C(Br)(Br)Br. The zero-order valence-electron chi connectivity index (χ0n) is 3.85. The van der Waals surface area contributed by atoms with E-state index in [0.717, 1.165) is 0 Å². The van der Waals surface area contributed by atoms with Crippen LogP contribution in [0.3, 0.4) is 0 Å². The predicted octanol–water partition coefficient (Wildman–Crippen LogP) is 2.67. The Bertz CT molecular complexity index is 123. The molecule has 0 heterocycles. The van der Waals surface area contributed by atoms with Crippen LogP contribution in [-0.4, -0.2) is 12.6 Å². The predicted molar refractivity (Wildman–Crippen MR) is 46.1 cm³/mol. The first-order valence-corrected chi connectivity index (χ1v) is 4.51. The van der Waals surface area contributed by atoms with Crippen molar-refractivity contribution < 1.29 is 4.92 Å². The van der Waals surface area contributed by atoms with Gasteiger partial charge in [0.2, 0.25) is 2.14 Å². The first-order chi connectivity index (χ1) is 3.85. The second-order valence-electron chi connectivity index (χ2n) is 1.16.